The summed E-state index contributed by atoms with van der Waals surface area (Å²) in [5.74, 6) is 5.20. The molecule has 2 aromatic carbocycles. The first-order valence-corrected chi connectivity index (χ1v) is 10.7. The summed E-state index contributed by atoms with van der Waals surface area (Å²) >= 11 is 0. The summed E-state index contributed by atoms with van der Waals surface area (Å²) in [6, 6.07) is 17.5. The van der Waals surface area contributed by atoms with Gasteiger partial charge in [0.15, 0.2) is 11.5 Å². The molecule has 5 rings (SSSR count). The molecule has 0 aliphatic carbocycles. The number of imidazole rings is 1. The average Bonchev–Trinajstić information content (AvgIpc) is 3.43. The van der Waals surface area contributed by atoms with E-state index in [1.165, 1.54) is 6.33 Å². The molecular weight excluding hydrogens is 416 g/mol. The van der Waals surface area contributed by atoms with Crippen molar-refractivity contribution in [2.24, 2.45) is 0 Å². The Balaban J connectivity index is 1.60. The number of aromatic nitrogens is 4. The van der Waals surface area contributed by atoms with E-state index in [1.54, 1.807) is 21.0 Å². The molecule has 0 spiro atoms. The number of fused-ring (bicyclic) bond motifs is 1. The van der Waals surface area contributed by atoms with E-state index in [4.69, 9.17) is 5.73 Å². The van der Waals surface area contributed by atoms with Crippen LogP contribution in [0.1, 0.15) is 19.4 Å². The molecule has 164 valence electrons. The molecule has 0 unspecified atom stereocenters. The molecule has 33 heavy (non-hydrogen) atoms. The second-order valence-corrected chi connectivity index (χ2v) is 7.90. The third-order valence-corrected chi connectivity index (χ3v) is 5.96. The molecule has 1 aliphatic heterocycles. The van der Waals surface area contributed by atoms with Gasteiger partial charge in [0, 0.05) is 13.1 Å². The van der Waals surface area contributed by atoms with Crippen LogP contribution in [-0.4, -0.2) is 43.0 Å². The minimum absolute atomic E-state index is 0.221. The van der Waals surface area contributed by atoms with Crippen LogP contribution < -0.4 is 11.4 Å². The Hall–Kier alpha value is -4.38. The van der Waals surface area contributed by atoms with Gasteiger partial charge in [0.05, 0.1) is 11.7 Å². The fourth-order valence-corrected chi connectivity index (χ4v) is 4.39. The van der Waals surface area contributed by atoms with E-state index in [2.05, 4.69) is 21.8 Å². The fraction of sp³-hybridized carbons (Fsp3) is 0.200. The first-order valence-electron chi connectivity index (χ1n) is 10.7. The van der Waals surface area contributed by atoms with Gasteiger partial charge in [-0.1, -0.05) is 48.4 Å². The maximum atomic E-state index is 13.7. The topological polar surface area (TPSA) is 99.0 Å². The second-order valence-electron chi connectivity index (χ2n) is 7.90. The SMILES string of the molecule is CC#CC(=O)N1CC[C@@H](n2c(=O)n(-c3ccc(-c4ccccc4)cc3)c3c(N)ncnc32)C1. The third kappa shape index (κ3) is 3.53. The van der Waals surface area contributed by atoms with E-state index >= 15 is 0 Å². The molecule has 0 bridgehead atoms. The summed E-state index contributed by atoms with van der Waals surface area (Å²) in [5, 5.41) is 0. The number of carbonyl (C=O) groups excluding carboxylic acids is 1. The van der Waals surface area contributed by atoms with Crippen molar-refractivity contribution in [2.75, 3.05) is 18.8 Å². The number of nitrogens with two attached hydrogens (primary N) is 1. The van der Waals surface area contributed by atoms with Crippen LogP contribution in [0.2, 0.25) is 0 Å². The lowest BCUT2D eigenvalue weighted by molar-refractivity contribution is -0.124. The number of benzene rings is 2. The Morgan fingerprint density at radius 3 is 2.52 bits per heavy atom. The molecule has 1 aliphatic rings. The third-order valence-electron chi connectivity index (χ3n) is 5.96. The van der Waals surface area contributed by atoms with Gasteiger partial charge >= 0.3 is 5.69 Å². The van der Waals surface area contributed by atoms with Crippen molar-refractivity contribution in [3.05, 3.63) is 71.4 Å². The average molecular weight is 438 g/mol. The Bertz CT molecular complexity index is 1460. The second kappa shape index (κ2) is 8.28. The normalized spacial score (nSPS) is 15.4. The van der Waals surface area contributed by atoms with Crippen molar-refractivity contribution in [3.63, 3.8) is 0 Å². The van der Waals surface area contributed by atoms with Crippen molar-refractivity contribution in [2.45, 2.75) is 19.4 Å². The number of rotatable bonds is 3. The molecular formula is C25H22N6O2. The Labute approximate surface area is 190 Å². The van der Waals surface area contributed by atoms with Gasteiger partial charge in [-0.25, -0.2) is 14.8 Å². The highest BCUT2D eigenvalue weighted by molar-refractivity contribution is 5.93. The first kappa shape index (κ1) is 20.5. The Kier molecular flexibility index (Phi) is 5.15. The number of likely N-dealkylation sites (tertiary alicyclic amines) is 1. The van der Waals surface area contributed by atoms with Crippen LogP contribution in [0, 0.1) is 11.8 Å². The molecule has 0 radical (unpaired) electrons. The van der Waals surface area contributed by atoms with Crippen molar-refractivity contribution in [1.29, 1.82) is 0 Å². The highest BCUT2D eigenvalue weighted by Crippen LogP contribution is 2.28. The van der Waals surface area contributed by atoms with Gasteiger partial charge in [0.1, 0.15) is 11.8 Å². The maximum Gasteiger partial charge on any atom is 0.335 e. The number of hydrogen-bond donors (Lipinski definition) is 1. The number of amides is 1. The molecule has 8 heteroatoms. The predicted molar refractivity (Wildman–Crippen MR) is 127 cm³/mol. The molecule has 2 N–H and O–H groups in total. The van der Waals surface area contributed by atoms with Crippen molar-refractivity contribution >= 4 is 22.9 Å². The highest BCUT2D eigenvalue weighted by atomic mass is 16.2. The van der Waals surface area contributed by atoms with Gasteiger partial charge < -0.3 is 10.6 Å². The molecule has 1 fully saturated rings. The number of carbonyl (C=O) groups is 1. The lowest BCUT2D eigenvalue weighted by atomic mass is 10.1. The summed E-state index contributed by atoms with van der Waals surface area (Å²) in [7, 11) is 0. The summed E-state index contributed by atoms with van der Waals surface area (Å²) in [6.07, 6.45) is 1.99. The maximum absolute atomic E-state index is 13.7. The smallest absolute Gasteiger partial charge is 0.335 e. The van der Waals surface area contributed by atoms with Crippen LogP contribution in [0.3, 0.4) is 0 Å². The van der Waals surface area contributed by atoms with E-state index in [0.717, 1.165) is 11.1 Å². The highest BCUT2D eigenvalue weighted by Gasteiger charge is 2.31. The Morgan fingerprint density at radius 1 is 1.06 bits per heavy atom. The molecule has 0 saturated carbocycles. The van der Waals surface area contributed by atoms with E-state index in [-0.39, 0.29) is 23.5 Å². The van der Waals surface area contributed by atoms with Crippen LogP contribution in [0.25, 0.3) is 28.0 Å². The molecule has 2 aromatic heterocycles. The summed E-state index contributed by atoms with van der Waals surface area (Å²) in [5.41, 5.74) is 9.68. The zero-order valence-electron chi connectivity index (χ0n) is 18.1. The van der Waals surface area contributed by atoms with Gasteiger partial charge in [-0.15, -0.1) is 0 Å². The zero-order valence-corrected chi connectivity index (χ0v) is 18.1. The number of hydrogen-bond acceptors (Lipinski definition) is 5. The number of anilines is 1. The first-order chi connectivity index (χ1) is 16.1. The van der Waals surface area contributed by atoms with Crippen molar-refractivity contribution in [3.8, 4) is 28.7 Å². The summed E-state index contributed by atoms with van der Waals surface area (Å²) in [6.45, 7) is 2.55. The van der Waals surface area contributed by atoms with Crippen molar-refractivity contribution in [1.82, 2.24) is 24.0 Å². The lowest BCUT2D eigenvalue weighted by Crippen LogP contribution is -2.31. The van der Waals surface area contributed by atoms with Crippen LogP contribution in [-0.2, 0) is 4.79 Å². The molecule has 1 atom stereocenters. The molecule has 4 aromatic rings. The van der Waals surface area contributed by atoms with Gasteiger partial charge in [0.25, 0.3) is 5.91 Å². The van der Waals surface area contributed by atoms with E-state index in [9.17, 15) is 9.59 Å². The summed E-state index contributed by atoms with van der Waals surface area (Å²) < 4.78 is 3.18. The van der Waals surface area contributed by atoms with Crippen LogP contribution >= 0.6 is 0 Å². The molecule has 8 nitrogen and oxygen atoms in total. The van der Waals surface area contributed by atoms with E-state index < -0.39 is 0 Å². The lowest BCUT2D eigenvalue weighted by Gasteiger charge is -2.14. The van der Waals surface area contributed by atoms with E-state index in [1.807, 2.05) is 54.6 Å². The minimum Gasteiger partial charge on any atom is -0.382 e. The number of nitrogen functional groups attached to an aromatic ring is 1. The standard InChI is InChI=1S/C25H22N6O2/c1-2-6-21(32)29-14-13-20(15-29)31-24-22(23(26)27-16-28-24)30(25(31)33)19-11-9-18(10-12-19)17-7-4-3-5-8-17/h3-5,7-12,16,20H,13-15H2,1H3,(H2,26,27,28)/t20-/m1/s1. The fourth-order valence-electron chi connectivity index (χ4n) is 4.39. The van der Waals surface area contributed by atoms with Gasteiger partial charge in [-0.3, -0.25) is 13.9 Å². The van der Waals surface area contributed by atoms with Gasteiger partial charge in [-0.2, -0.15) is 0 Å². The summed E-state index contributed by atoms with van der Waals surface area (Å²) in [4.78, 5) is 36.0. The van der Waals surface area contributed by atoms with Crippen molar-refractivity contribution < 1.29 is 4.79 Å². The zero-order chi connectivity index (χ0) is 22.9. The Morgan fingerprint density at radius 2 is 1.79 bits per heavy atom. The van der Waals surface area contributed by atoms with E-state index in [0.29, 0.717) is 36.4 Å². The monoisotopic (exact) mass is 438 g/mol. The molecule has 1 saturated heterocycles. The largest absolute Gasteiger partial charge is 0.382 e. The predicted octanol–water partition coefficient (Wildman–Crippen LogP) is 2.63. The van der Waals surface area contributed by atoms with Gasteiger partial charge in [-0.05, 0) is 42.5 Å². The quantitative estimate of drug-likeness (QED) is 0.496. The minimum atomic E-state index is -0.259. The van der Waals surface area contributed by atoms with Crippen LogP contribution in [0.4, 0.5) is 5.82 Å². The number of nitrogens with zero attached hydrogens (tertiary/aromatic N) is 5. The van der Waals surface area contributed by atoms with Crippen LogP contribution in [0.5, 0.6) is 0 Å². The molecule has 1 amide bonds. The van der Waals surface area contributed by atoms with Crippen LogP contribution in [0.15, 0.2) is 65.7 Å². The van der Waals surface area contributed by atoms with Gasteiger partial charge in [0.2, 0.25) is 0 Å². The molecule has 3 heterocycles.